The molecular weight excluding hydrogens is 434 g/mol. The standard InChI is InChI=1S/C22H22ClN5O2S/c1-30-19(29)8-5-13-28-21(20(26-22(28)31)16-6-2-3-11-24-16)17-7-4-12-27(17)18-10-9-15(23)14-25-18/h2-4,6-7,9-12,14,20-21H,5,8,13H2,1H3,(H,26,31)/t20-,21-/m1/s1. The van der Waals surface area contributed by atoms with Gasteiger partial charge in [-0.25, -0.2) is 4.98 Å². The smallest absolute Gasteiger partial charge is 0.305 e. The zero-order valence-electron chi connectivity index (χ0n) is 16.9. The van der Waals surface area contributed by atoms with Crippen molar-refractivity contribution in [2.75, 3.05) is 13.7 Å². The molecule has 9 heteroatoms. The summed E-state index contributed by atoms with van der Waals surface area (Å²) in [6.07, 6.45) is 6.32. The maximum Gasteiger partial charge on any atom is 0.305 e. The van der Waals surface area contributed by atoms with Gasteiger partial charge in [0.05, 0.1) is 29.9 Å². The molecule has 160 valence electrons. The van der Waals surface area contributed by atoms with Gasteiger partial charge in [-0.05, 0) is 55.0 Å². The van der Waals surface area contributed by atoms with Gasteiger partial charge in [0.25, 0.3) is 0 Å². The summed E-state index contributed by atoms with van der Waals surface area (Å²) in [4.78, 5) is 22.8. The Balaban J connectivity index is 1.70. The molecule has 1 N–H and O–H groups in total. The average molecular weight is 456 g/mol. The molecule has 0 spiro atoms. The monoisotopic (exact) mass is 455 g/mol. The number of rotatable bonds is 7. The summed E-state index contributed by atoms with van der Waals surface area (Å²) in [5.41, 5.74) is 1.90. The number of nitrogens with one attached hydrogen (secondary N) is 1. The van der Waals surface area contributed by atoms with Crippen LogP contribution in [0.1, 0.15) is 36.3 Å². The number of pyridine rings is 2. The summed E-state index contributed by atoms with van der Waals surface area (Å²) in [6.45, 7) is 0.605. The van der Waals surface area contributed by atoms with Gasteiger partial charge in [-0.15, -0.1) is 0 Å². The Morgan fingerprint density at radius 3 is 2.81 bits per heavy atom. The van der Waals surface area contributed by atoms with Gasteiger partial charge < -0.3 is 19.5 Å². The molecule has 7 nitrogen and oxygen atoms in total. The van der Waals surface area contributed by atoms with Gasteiger partial charge in [-0.1, -0.05) is 17.7 Å². The van der Waals surface area contributed by atoms with Gasteiger partial charge in [0.15, 0.2) is 5.11 Å². The van der Waals surface area contributed by atoms with Crippen LogP contribution in [-0.2, 0) is 9.53 Å². The number of hydrogen-bond acceptors (Lipinski definition) is 5. The molecule has 1 saturated heterocycles. The van der Waals surface area contributed by atoms with E-state index >= 15 is 0 Å². The Labute approximate surface area is 191 Å². The number of halogens is 1. The van der Waals surface area contributed by atoms with E-state index in [0.717, 1.165) is 17.2 Å². The minimum Gasteiger partial charge on any atom is -0.469 e. The summed E-state index contributed by atoms with van der Waals surface area (Å²) in [7, 11) is 1.40. The predicted molar refractivity (Wildman–Crippen MR) is 122 cm³/mol. The number of aromatic nitrogens is 3. The molecule has 0 aliphatic carbocycles. The van der Waals surface area contributed by atoms with Gasteiger partial charge >= 0.3 is 5.97 Å². The SMILES string of the molecule is COC(=O)CCCN1C(=S)N[C@H](c2ccccn2)[C@H]1c1cccn1-c1ccc(Cl)cn1. The molecular formula is C22H22ClN5O2S. The van der Waals surface area contributed by atoms with E-state index in [2.05, 4.69) is 26.3 Å². The molecule has 4 rings (SSSR count). The van der Waals surface area contributed by atoms with Crippen LogP contribution < -0.4 is 5.32 Å². The van der Waals surface area contributed by atoms with E-state index in [0.29, 0.717) is 29.5 Å². The zero-order chi connectivity index (χ0) is 21.8. The van der Waals surface area contributed by atoms with Gasteiger partial charge in [0.2, 0.25) is 0 Å². The van der Waals surface area contributed by atoms with Crippen LogP contribution in [0.2, 0.25) is 5.02 Å². The van der Waals surface area contributed by atoms with Crippen LogP contribution in [-0.4, -0.2) is 44.2 Å². The van der Waals surface area contributed by atoms with Gasteiger partial charge in [-0.3, -0.25) is 9.78 Å². The van der Waals surface area contributed by atoms with Crippen molar-refractivity contribution >= 4 is 34.9 Å². The van der Waals surface area contributed by atoms with Crippen molar-refractivity contribution in [1.29, 1.82) is 0 Å². The van der Waals surface area contributed by atoms with Crippen molar-refractivity contribution in [2.24, 2.45) is 0 Å². The summed E-state index contributed by atoms with van der Waals surface area (Å²) in [5.74, 6) is 0.529. The van der Waals surface area contributed by atoms with Crippen molar-refractivity contribution in [3.05, 3.63) is 77.5 Å². The van der Waals surface area contributed by atoms with E-state index in [-0.39, 0.29) is 18.1 Å². The molecule has 0 radical (unpaired) electrons. The lowest BCUT2D eigenvalue weighted by Gasteiger charge is -2.28. The maximum atomic E-state index is 11.6. The summed E-state index contributed by atoms with van der Waals surface area (Å²) < 4.78 is 6.81. The molecule has 3 aromatic heterocycles. The minimum atomic E-state index is -0.232. The quantitative estimate of drug-likeness (QED) is 0.428. The van der Waals surface area contributed by atoms with E-state index in [1.807, 2.05) is 47.2 Å². The fourth-order valence-electron chi connectivity index (χ4n) is 3.82. The molecule has 0 bridgehead atoms. The van der Waals surface area contributed by atoms with E-state index in [9.17, 15) is 4.79 Å². The molecule has 1 fully saturated rings. The minimum absolute atomic E-state index is 0.132. The van der Waals surface area contributed by atoms with Crippen LogP contribution in [0.5, 0.6) is 0 Å². The first-order valence-electron chi connectivity index (χ1n) is 9.92. The number of nitrogens with zero attached hydrogens (tertiary/aromatic N) is 4. The summed E-state index contributed by atoms with van der Waals surface area (Å²) in [6, 6.07) is 13.3. The molecule has 2 atom stereocenters. The lowest BCUT2D eigenvalue weighted by atomic mass is 10.0. The van der Waals surface area contributed by atoms with Gasteiger partial charge in [0, 0.05) is 37.3 Å². The number of carbonyl (C=O) groups is 1. The highest BCUT2D eigenvalue weighted by atomic mass is 35.5. The first-order chi connectivity index (χ1) is 15.1. The third kappa shape index (κ3) is 4.55. The van der Waals surface area contributed by atoms with Crippen molar-refractivity contribution in [3.8, 4) is 5.82 Å². The van der Waals surface area contributed by atoms with Crippen LogP contribution in [0.25, 0.3) is 5.82 Å². The van der Waals surface area contributed by atoms with E-state index < -0.39 is 0 Å². The summed E-state index contributed by atoms with van der Waals surface area (Å²) in [5, 5.41) is 4.63. The number of carbonyl (C=O) groups excluding carboxylic acids is 1. The largest absolute Gasteiger partial charge is 0.469 e. The molecule has 4 heterocycles. The van der Waals surface area contributed by atoms with Crippen molar-refractivity contribution < 1.29 is 9.53 Å². The van der Waals surface area contributed by atoms with Crippen LogP contribution in [0.4, 0.5) is 0 Å². The van der Waals surface area contributed by atoms with E-state index in [1.165, 1.54) is 7.11 Å². The predicted octanol–water partition coefficient (Wildman–Crippen LogP) is 3.85. The third-order valence-corrected chi connectivity index (χ3v) is 5.82. The van der Waals surface area contributed by atoms with Gasteiger partial charge in [0.1, 0.15) is 5.82 Å². The molecule has 0 amide bonds. The molecule has 1 aliphatic rings. The summed E-state index contributed by atoms with van der Waals surface area (Å²) >= 11 is 11.7. The molecule has 3 aromatic rings. The number of methoxy groups -OCH3 is 1. The normalized spacial score (nSPS) is 18.1. The van der Waals surface area contributed by atoms with E-state index in [1.54, 1.807) is 12.4 Å². The number of esters is 1. The Morgan fingerprint density at radius 2 is 2.10 bits per heavy atom. The molecule has 0 unspecified atom stereocenters. The molecule has 1 aliphatic heterocycles. The Kier molecular flexibility index (Phi) is 6.48. The van der Waals surface area contributed by atoms with Crippen LogP contribution in [0, 0.1) is 0 Å². The fourth-order valence-corrected chi connectivity index (χ4v) is 4.26. The second-order valence-corrected chi connectivity index (χ2v) is 7.96. The molecule has 0 saturated carbocycles. The Morgan fingerprint density at radius 1 is 1.23 bits per heavy atom. The van der Waals surface area contributed by atoms with Crippen molar-refractivity contribution in [3.63, 3.8) is 0 Å². The maximum absolute atomic E-state index is 11.6. The topological polar surface area (TPSA) is 72.3 Å². The average Bonchev–Trinajstić information content (AvgIpc) is 3.39. The second-order valence-electron chi connectivity index (χ2n) is 7.14. The number of hydrogen-bond donors (Lipinski definition) is 1. The van der Waals surface area contributed by atoms with Gasteiger partial charge in [-0.2, -0.15) is 0 Å². The first kappa shape index (κ1) is 21.3. The second kappa shape index (κ2) is 9.45. The molecule has 0 aromatic carbocycles. The first-order valence-corrected chi connectivity index (χ1v) is 10.7. The highest BCUT2D eigenvalue weighted by Gasteiger charge is 2.41. The Hall–Kier alpha value is -2.97. The highest BCUT2D eigenvalue weighted by molar-refractivity contribution is 7.80. The van der Waals surface area contributed by atoms with Crippen molar-refractivity contribution in [1.82, 2.24) is 24.8 Å². The Bertz CT molecular complexity index is 1060. The molecule has 31 heavy (non-hydrogen) atoms. The number of ether oxygens (including phenoxy) is 1. The van der Waals surface area contributed by atoms with E-state index in [4.69, 9.17) is 28.6 Å². The van der Waals surface area contributed by atoms with Crippen LogP contribution in [0.15, 0.2) is 61.1 Å². The lowest BCUT2D eigenvalue weighted by Crippen LogP contribution is -2.31. The third-order valence-electron chi connectivity index (χ3n) is 5.25. The number of thiocarbonyl (C=S) groups is 1. The van der Waals surface area contributed by atoms with Crippen LogP contribution >= 0.6 is 23.8 Å². The highest BCUT2D eigenvalue weighted by Crippen LogP contribution is 2.39. The lowest BCUT2D eigenvalue weighted by molar-refractivity contribution is -0.140. The van der Waals surface area contributed by atoms with Crippen LogP contribution in [0.3, 0.4) is 0 Å². The zero-order valence-corrected chi connectivity index (χ0v) is 18.5. The fraction of sp³-hybridized carbons (Fsp3) is 0.273. The van der Waals surface area contributed by atoms with Crippen molar-refractivity contribution in [2.45, 2.75) is 24.9 Å².